The van der Waals surface area contributed by atoms with Crippen LogP contribution in [0.4, 0.5) is 34.1 Å². The topological polar surface area (TPSA) is 6.48 Å². The second-order valence-electron chi connectivity index (χ2n) is 24.1. The van der Waals surface area contributed by atoms with Gasteiger partial charge in [-0.3, -0.25) is 0 Å². The fourth-order valence-electron chi connectivity index (χ4n) is 15.6. The quantitative estimate of drug-likeness (QED) is 0.163. The first-order valence-corrected chi connectivity index (χ1v) is 28.8. The standard InChI is InChI=1S/C74H55BN2S/c1-43(2)45-32-37-54-61(40-45)74(59-30-18-12-24-51(59)52-25-13-19-31-60(52)74)70-67(54)69-71(78-70)75-63-41-55-53-26-14-17-29-58(53)73(56-27-15-10-22-49(56)50-23-11-16-28-57(50)73)62(55)42-64(63)76(47-20-8-7-9-21-47)65-38-44(3)39-66(68(65)75)77(69)48-35-33-46(34-36-48)72(4,5)6/h7-43H,1-6H3. The number of rotatable bonds is 3. The first-order chi connectivity index (χ1) is 38.1. The summed E-state index contributed by atoms with van der Waals surface area (Å²) in [6.07, 6.45) is 0. The van der Waals surface area contributed by atoms with Crippen molar-refractivity contribution < 1.29 is 0 Å². The zero-order valence-corrected chi connectivity index (χ0v) is 45.6. The molecule has 0 unspecified atom stereocenters. The minimum absolute atomic E-state index is 0.00547. The molecule has 0 bridgehead atoms. The van der Waals surface area contributed by atoms with Gasteiger partial charge in [-0.15, -0.1) is 11.3 Å². The first kappa shape index (κ1) is 44.7. The Morgan fingerprint density at radius 3 is 1.47 bits per heavy atom. The highest BCUT2D eigenvalue weighted by Gasteiger charge is 2.58. The maximum atomic E-state index is 2.70. The van der Waals surface area contributed by atoms with Crippen molar-refractivity contribution >= 4 is 67.9 Å². The average Bonchev–Trinajstić information content (AvgIpc) is 2.52. The number of thiophene rings is 1. The normalized spacial score (nSPS) is 15.3. The summed E-state index contributed by atoms with van der Waals surface area (Å²) in [5.74, 6) is 0.376. The van der Waals surface area contributed by atoms with Crippen LogP contribution in [-0.4, -0.2) is 6.71 Å². The first-order valence-electron chi connectivity index (χ1n) is 28.0. The van der Waals surface area contributed by atoms with Crippen molar-refractivity contribution in [1.29, 1.82) is 0 Å². The highest BCUT2D eigenvalue weighted by Crippen LogP contribution is 2.68. The van der Waals surface area contributed by atoms with E-state index >= 15 is 0 Å². The molecule has 11 aromatic rings. The Balaban J connectivity index is 1.03. The van der Waals surface area contributed by atoms with Crippen LogP contribution in [0.5, 0.6) is 0 Å². The largest absolute Gasteiger partial charge is 0.311 e. The lowest BCUT2D eigenvalue weighted by Crippen LogP contribution is -2.60. The van der Waals surface area contributed by atoms with Gasteiger partial charge in [0.1, 0.15) is 0 Å². The number of aryl methyl sites for hydroxylation is 1. The maximum Gasteiger partial charge on any atom is 0.264 e. The van der Waals surface area contributed by atoms with Crippen molar-refractivity contribution in [3.8, 4) is 44.5 Å². The second kappa shape index (κ2) is 15.4. The molecule has 1 aromatic heterocycles. The van der Waals surface area contributed by atoms with Gasteiger partial charge in [0.05, 0.1) is 16.5 Å². The van der Waals surface area contributed by atoms with Crippen LogP contribution < -0.4 is 25.5 Å². The number of para-hydroxylation sites is 1. The van der Waals surface area contributed by atoms with Crippen molar-refractivity contribution in [1.82, 2.24) is 0 Å². The fourth-order valence-corrected chi connectivity index (χ4v) is 17.3. The zero-order chi connectivity index (χ0) is 52.1. The van der Waals surface area contributed by atoms with Gasteiger partial charge in [-0.2, -0.15) is 0 Å². The minimum Gasteiger partial charge on any atom is -0.311 e. The van der Waals surface area contributed by atoms with E-state index < -0.39 is 10.8 Å². The van der Waals surface area contributed by atoms with Crippen LogP contribution in [0.25, 0.3) is 44.5 Å². The van der Waals surface area contributed by atoms with Crippen LogP contribution in [-0.2, 0) is 16.2 Å². The summed E-state index contributed by atoms with van der Waals surface area (Å²) >= 11 is 2.09. The van der Waals surface area contributed by atoms with E-state index in [9.17, 15) is 0 Å². The molecule has 0 amide bonds. The van der Waals surface area contributed by atoms with Crippen LogP contribution in [0.3, 0.4) is 0 Å². The molecule has 10 aromatic carbocycles. The fraction of sp³-hybridized carbons (Fsp3) is 0.135. The summed E-state index contributed by atoms with van der Waals surface area (Å²) < 4.78 is 1.41. The van der Waals surface area contributed by atoms with Gasteiger partial charge in [-0.25, -0.2) is 0 Å². The third kappa shape index (κ3) is 5.39. The Morgan fingerprint density at radius 1 is 0.436 bits per heavy atom. The summed E-state index contributed by atoms with van der Waals surface area (Å²) in [6.45, 7) is 13.9. The van der Waals surface area contributed by atoms with Gasteiger partial charge in [-0.05, 0) is 166 Å². The number of fused-ring (bicyclic) bond motifs is 25. The van der Waals surface area contributed by atoms with E-state index in [1.54, 1.807) is 0 Å². The van der Waals surface area contributed by atoms with Crippen LogP contribution >= 0.6 is 11.3 Å². The summed E-state index contributed by atoms with van der Waals surface area (Å²) in [5.41, 5.74) is 33.4. The number of hydrogen-bond acceptors (Lipinski definition) is 3. The molecule has 0 N–H and O–H groups in total. The van der Waals surface area contributed by atoms with Gasteiger partial charge in [0.15, 0.2) is 0 Å². The molecular formula is C74H55BN2S. The van der Waals surface area contributed by atoms with E-state index in [1.165, 1.54) is 149 Å². The SMILES string of the molecule is Cc1cc2c3c(c1)N(c1ccc(C(C)(C)C)cc1)c1c(sc4c1-c1ccc(C(C)C)cc1C41c4ccccc4-c4ccccc41)B3c1cc3c(cc1N2c1ccccc1)C1(c2ccccc2-c2ccccc21)c1ccccc1-3. The second-order valence-corrected chi connectivity index (χ2v) is 25.2. The van der Waals surface area contributed by atoms with E-state index in [0.29, 0.717) is 5.92 Å². The van der Waals surface area contributed by atoms with E-state index in [-0.39, 0.29) is 12.1 Å². The number of anilines is 6. The van der Waals surface area contributed by atoms with Crippen molar-refractivity contribution in [2.75, 3.05) is 9.80 Å². The monoisotopic (exact) mass is 1010 g/mol. The van der Waals surface area contributed by atoms with Gasteiger partial charge in [0.25, 0.3) is 6.71 Å². The van der Waals surface area contributed by atoms with Gasteiger partial charge < -0.3 is 9.80 Å². The summed E-state index contributed by atoms with van der Waals surface area (Å²) in [7, 11) is 0. The molecule has 4 aliphatic carbocycles. The molecule has 78 heavy (non-hydrogen) atoms. The highest BCUT2D eigenvalue weighted by molar-refractivity contribution is 7.30. The zero-order valence-electron chi connectivity index (χ0n) is 44.7. The molecular weight excluding hydrogens is 960 g/mol. The molecule has 6 aliphatic rings. The molecule has 2 nitrogen and oxygen atoms in total. The van der Waals surface area contributed by atoms with Crippen LogP contribution in [0.2, 0.25) is 0 Å². The number of hydrogen-bond donors (Lipinski definition) is 0. The van der Waals surface area contributed by atoms with Crippen molar-refractivity contribution in [2.24, 2.45) is 0 Å². The Bertz CT molecular complexity index is 4350. The highest BCUT2D eigenvalue weighted by atomic mass is 32.1. The minimum atomic E-state index is -0.502. The average molecular weight is 1020 g/mol. The summed E-state index contributed by atoms with van der Waals surface area (Å²) in [5, 5.41) is 0. The molecule has 3 heterocycles. The van der Waals surface area contributed by atoms with Crippen molar-refractivity contribution in [2.45, 2.75) is 63.7 Å². The van der Waals surface area contributed by atoms with Gasteiger partial charge >= 0.3 is 0 Å². The number of benzene rings is 10. The molecule has 0 radical (unpaired) electrons. The summed E-state index contributed by atoms with van der Waals surface area (Å²) in [4.78, 5) is 6.76. The lowest BCUT2D eigenvalue weighted by molar-refractivity contribution is 0.590. The molecule has 2 aliphatic heterocycles. The lowest BCUT2D eigenvalue weighted by Gasteiger charge is -2.44. The van der Waals surface area contributed by atoms with Crippen molar-refractivity contribution in [3.05, 3.63) is 279 Å². The predicted molar refractivity (Wildman–Crippen MR) is 328 cm³/mol. The van der Waals surface area contributed by atoms with E-state index in [4.69, 9.17) is 0 Å². The van der Waals surface area contributed by atoms with Gasteiger partial charge in [0, 0.05) is 43.7 Å². The molecule has 0 atom stereocenters. The predicted octanol–water partition coefficient (Wildman–Crippen LogP) is 17.2. The maximum absolute atomic E-state index is 2.70. The smallest absolute Gasteiger partial charge is 0.264 e. The van der Waals surface area contributed by atoms with E-state index in [0.717, 1.165) is 5.69 Å². The van der Waals surface area contributed by atoms with E-state index in [1.807, 2.05) is 0 Å². The van der Waals surface area contributed by atoms with Crippen LogP contribution in [0, 0.1) is 6.92 Å². The lowest BCUT2D eigenvalue weighted by atomic mass is 9.36. The van der Waals surface area contributed by atoms with E-state index in [2.05, 4.69) is 281 Å². The van der Waals surface area contributed by atoms with Crippen LogP contribution in [0.1, 0.15) is 101 Å². The Morgan fingerprint density at radius 2 is 0.923 bits per heavy atom. The molecule has 0 fully saturated rings. The molecule has 2 spiro atoms. The van der Waals surface area contributed by atoms with Crippen molar-refractivity contribution in [3.63, 3.8) is 0 Å². The molecule has 4 heteroatoms. The van der Waals surface area contributed by atoms with Crippen LogP contribution in [0.15, 0.2) is 218 Å². The third-order valence-corrected chi connectivity index (χ3v) is 20.2. The summed E-state index contributed by atoms with van der Waals surface area (Å²) in [6, 6.07) is 85.0. The molecule has 17 rings (SSSR count). The molecule has 370 valence electrons. The van der Waals surface area contributed by atoms with Gasteiger partial charge in [-0.1, -0.05) is 211 Å². The Hall–Kier alpha value is -8.44. The number of nitrogens with zero attached hydrogens (tertiary/aromatic N) is 2. The van der Waals surface area contributed by atoms with Gasteiger partial charge in [0.2, 0.25) is 0 Å². The molecule has 0 saturated carbocycles. The molecule has 0 saturated heterocycles. The third-order valence-electron chi connectivity index (χ3n) is 18.8. The Kier molecular flexibility index (Phi) is 8.82. The Labute approximate surface area is 462 Å².